The molecule has 6 nitrogen and oxygen atoms in total. The fourth-order valence-electron chi connectivity index (χ4n) is 4.20. The molecule has 1 aromatic carbocycles. The second-order valence-corrected chi connectivity index (χ2v) is 7.32. The number of imidazole rings is 1. The number of aryl methyl sites for hydroxylation is 1. The summed E-state index contributed by atoms with van der Waals surface area (Å²) < 4.78 is 1.74. The number of hydrogen-bond donors (Lipinski definition) is 1. The summed E-state index contributed by atoms with van der Waals surface area (Å²) >= 11 is 0. The third-order valence-corrected chi connectivity index (χ3v) is 5.64. The van der Waals surface area contributed by atoms with Crippen molar-refractivity contribution < 1.29 is 0 Å². The third-order valence-electron chi connectivity index (χ3n) is 5.64. The van der Waals surface area contributed by atoms with Gasteiger partial charge in [-0.25, -0.2) is 14.8 Å². The topological polar surface area (TPSA) is 76.5 Å². The molecule has 0 saturated heterocycles. The first-order chi connectivity index (χ1) is 13.3. The zero-order chi connectivity index (χ0) is 18.2. The molecule has 0 unspecified atom stereocenters. The Morgan fingerprint density at radius 3 is 2.89 bits per heavy atom. The molecule has 1 N–H and O–H groups in total. The Bertz CT molecular complexity index is 1160. The molecule has 3 heterocycles. The minimum absolute atomic E-state index is 0.125. The van der Waals surface area contributed by atoms with Crippen LogP contribution in [0.2, 0.25) is 0 Å². The Morgan fingerprint density at radius 1 is 1.11 bits per heavy atom. The van der Waals surface area contributed by atoms with E-state index in [1.165, 1.54) is 25.7 Å². The van der Waals surface area contributed by atoms with Crippen molar-refractivity contribution in [2.45, 2.75) is 38.6 Å². The van der Waals surface area contributed by atoms with Crippen molar-refractivity contribution in [2.24, 2.45) is 5.92 Å². The largest absolute Gasteiger partial charge is 0.328 e. The number of aromatic nitrogens is 5. The molecule has 6 heteroatoms. The molecule has 0 spiro atoms. The highest BCUT2D eigenvalue weighted by Crippen LogP contribution is 2.29. The van der Waals surface area contributed by atoms with Crippen LogP contribution in [0.3, 0.4) is 0 Å². The fraction of sp³-hybridized carbons (Fsp3) is 0.333. The van der Waals surface area contributed by atoms with Crippen LogP contribution in [0, 0.1) is 5.92 Å². The number of nitrogens with one attached hydrogen (secondary N) is 1. The van der Waals surface area contributed by atoms with E-state index < -0.39 is 0 Å². The van der Waals surface area contributed by atoms with Gasteiger partial charge in [-0.15, -0.1) is 0 Å². The summed E-state index contributed by atoms with van der Waals surface area (Å²) in [6.45, 7) is 0.693. The summed E-state index contributed by atoms with van der Waals surface area (Å²) in [4.78, 5) is 28.9. The molecule has 0 radical (unpaired) electrons. The van der Waals surface area contributed by atoms with Gasteiger partial charge in [0.15, 0.2) is 11.3 Å². The molecule has 5 rings (SSSR count). The summed E-state index contributed by atoms with van der Waals surface area (Å²) in [6.07, 6.45) is 9.71. The van der Waals surface area contributed by atoms with Crippen LogP contribution in [0.4, 0.5) is 0 Å². The second kappa shape index (κ2) is 6.61. The van der Waals surface area contributed by atoms with Crippen LogP contribution in [0.25, 0.3) is 33.5 Å². The maximum absolute atomic E-state index is 12.4. The zero-order valence-electron chi connectivity index (χ0n) is 15.1. The SMILES string of the molecule is O=c1[nH]c2ncc(-c3cccc4ncccc34)nc2n1CCC1CCCC1. The molecule has 0 amide bonds. The molecule has 0 bridgehead atoms. The minimum atomic E-state index is -0.125. The van der Waals surface area contributed by atoms with Crippen molar-refractivity contribution in [1.29, 1.82) is 0 Å². The van der Waals surface area contributed by atoms with Crippen LogP contribution in [-0.4, -0.2) is 24.5 Å². The molecular formula is C21H21N5O. The first kappa shape index (κ1) is 16.2. The molecule has 1 aliphatic rings. The molecule has 3 aromatic heterocycles. The number of pyridine rings is 1. The monoisotopic (exact) mass is 359 g/mol. The van der Waals surface area contributed by atoms with Crippen LogP contribution in [-0.2, 0) is 6.54 Å². The minimum Gasteiger partial charge on any atom is -0.289 e. The molecule has 4 aromatic rings. The van der Waals surface area contributed by atoms with E-state index in [1.54, 1.807) is 17.0 Å². The molecule has 27 heavy (non-hydrogen) atoms. The lowest BCUT2D eigenvalue weighted by Crippen LogP contribution is -2.18. The first-order valence-electron chi connectivity index (χ1n) is 9.59. The van der Waals surface area contributed by atoms with E-state index in [9.17, 15) is 4.79 Å². The molecular weight excluding hydrogens is 338 g/mol. The normalized spacial score (nSPS) is 15.1. The average Bonchev–Trinajstić information content (AvgIpc) is 3.32. The van der Waals surface area contributed by atoms with Crippen molar-refractivity contribution in [1.82, 2.24) is 24.5 Å². The van der Waals surface area contributed by atoms with E-state index in [0.29, 0.717) is 17.8 Å². The number of nitrogens with zero attached hydrogens (tertiary/aromatic N) is 4. The highest BCUT2D eigenvalue weighted by atomic mass is 16.1. The van der Waals surface area contributed by atoms with E-state index >= 15 is 0 Å². The van der Waals surface area contributed by atoms with Gasteiger partial charge in [0.2, 0.25) is 0 Å². The maximum atomic E-state index is 12.4. The van der Waals surface area contributed by atoms with Gasteiger partial charge in [0.1, 0.15) is 0 Å². The van der Waals surface area contributed by atoms with Gasteiger partial charge in [0.25, 0.3) is 0 Å². The Hall–Kier alpha value is -3.02. The predicted octanol–water partition coefficient (Wildman–Crippen LogP) is 3.92. The van der Waals surface area contributed by atoms with Crippen LogP contribution in [0.1, 0.15) is 32.1 Å². The average molecular weight is 359 g/mol. The quantitative estimate of drug-likeness (QED) is 0.599. The lowest BCUT2D eigenvalue weighted by Gasteiger charge is -2.09. The number of hydrogen-bond acceptors (Lipinski definition) is 4. The van der Waals surface area contributed by atoms with Crippen molar-refractivity contribution in [3.63, 3.8) is 0 Å². The van der Waals surface area contributed by atoms with Gasteiger partial charge in [-0.05, 0) is 24.5 Å². The lowest BCUT2D eigenvalue weighted by atomic mass is 10.0. The summed E-state index contributed by atoms with van der Waals surface area (Å²) in [5, 5.41) is 1.03. The summed E-state index contributed by atoms with van der Waals surface area (Å²) in [6, 6.07) is 9.94. The van der Waals surface area contributed by atoms with Crippen LogP contribution >= 0.6 is 0 Å². The fourth-order valence-corrected chi connectivity index (χ4v) is 4.20. The molecule has 136 valence electrons. The van der Waals surface area contributed by atoms with Gasteiger partial charge in [0, 0.05) is 23.7 Å². The Labute approximate surface area is 156 Å². The van der Waals surface area contributed by atoms with Crippen molar-refractivity contribution >= 4 is 22.2 Å². The van der Waals surface area contributed by atoms with Gasteiger partial charge in [-0.2, -0.15) is 0 Å². The smallest absolute Gasteiger partial charge is 0.289 e. The highest BCUT2D eigenvalue weighted by molar-refractivity contribution is 5.93. The third kappa shape index (κ3) is 2.91. The van der Waals surface area contributed by atoms with E-state index in [0.717, 1.165) is 34.5 Å². The highest BCUT2D eigenvalue weighted by Gasteiger charge is 2.17. The van der Waals surface area contributed by atoms with Gasteiger partial charge in [-0.1, -0.05) is 43.9 Å². The molecule has 1 saturated carbocycles. The Morgan fingerprint density at radius 2 is 2.00 bits per heavy atom. The summed E-state index contributed by atoms with van der Waals surface area (Å²) in [7, 11) is 0. The molecule has 0 aliphatic heterocycles. The number of aromatic amines is 1. The van der Waals surface area contributed by atoms with E-state index in [2.05, 4.69) is 15.0 Å². The van der Waals surface area contributed by atoms with Gasteiger partial charge < -0.3 is 0 Å². The first-order valence-corrected chi connectivity index (χ1v) is 9.59. The zero-order valence-corrected chi connectivity index (χ0v) is 15.1. The van der Waals surface area contributed by atoms with Crippen molar-refractivity contribution in [2.75, 3.05) is 0 Å². The van der Waals surface area contributed by atoms with Crippen LogP contribution in [0.5, 0.6) is 0 Å². The molecule has 0 atom stereocenters. The van der Waals surface area contributed by atoms with Crippen molar-refractivity contribution in [3.05, 3.63) is 53.2 Å². The van der Waals surface area contributed by atoms with Gasteiger partial charge >= 0.3 is 5.69 Å². The van der Waals surface area contributed by atoms with Gasteiger partial charge in [-0.3, -0.25) is 14.5 Å². The lowest BCUT2D eigenvalue weighted by molar-refractivity contribution is 0.457. The summed E-state index contributed by atoms with van der Waals surface area (Å²) in [5.41, 5.74) is 3.72. The predicted molar refractivity (Wildman–Crippen MR) is 105 cm³/mol. The van der Waals surface area contributed by atoms with Crippen molar-refractivity contribution in [3.8, 4) is 11.3 Å². The number of rotatable bonds is 4. The molecule has 1 aliphatic carbocycles. The standard InChI is InChI=1S/C21H21N5O/c27-21-25-19-20(26(21)12-10-14-5-1-2-6-14)24-18(13-23-19)16-7-3-9-17-15(16)8-4-11-22-17/h3-4,7-9,11,13-14H,1-2,5-6,10,12H2,(H,23,25,27). The Kier molecular flexibility index (Phi) is 3.96. The molecule has 1 fully saturated rings. The van der Waals surface area contributed by atoms with E-state index in [-0.39, 0.29) is 5.69 Å². The summed E-state index contributed by atoms with van der Waals surface area (Å²) in [5.74, 6) is 0.724. The van der Waals surface area contributed by atoms with E-state index in [4.69, 9.17) is 4.98 Å². The van der Waals surface area contributed by atoms with E-state index in [1.807, 2.05) is 30.3 Å². The number of fused-ring (bicyclic) bond motifs is 2. The second-order valence-electron chi connectivity index (χ2n) is 7.32. The van der Waals surface area contributed by atoms with Crippen LogP contribution < -0.4 is 5.69 Å². The number of benzene rings is 1. The Balaban J connectivity index is 1.58. The maximum Gasteiger partial charge on any atom is 0.328 e. The number of H-pyrrole nitrogens is 1. The van der Waals surface area contributed by atoms with Gasteiger partial charge in [0.05, 0.1) is 17.4 Å². The van der Waals surface area contributed by atoms with Crippen LogP contribution in [0.15, 0.2) is 47.5 Å².